The van der Waals surface area contributed by atoms with E-state index in [-0.39, 0.29) is 0 Å². The normalized spacial score (nSPS) is 20.6. The first-order chi connectivity index (χ1) is 12.1. The average Bonchev–Trinajstić information content (AvgIpc) is 2.67. The molecule has 0 heterocycles. The second-order valence-corrected chi connectivity index (χ2v) is 11.7. The minimum Gasteiger partial charge on any atom is -0.309 e. The van der Waals surface area contributed by atoms with Crippen LogP contribution < -0.4 is 10.5 Å². The third-order valence-electron chi connectivity index (χ3n) is 5.24. The van der Waals surface area contributed by atoms with Crippen LogP contribution in [0.25, 0.3) is 0 Å². The Bertz CT molecular complexity index is 712. The van der Waals surface area contributed by atoms with E-state index in [1.807, 2.05) is 0 Å². The van der Waals surface area contributed by atoms with Crippen LogP contribution in [0.1, 0.15) is 31.2 Å². The molecule has 130 valence electrons. The molecule has 0 radical (unpaired) electrons. The maximum Gasteiger partial charge on any atom is 0.162 e. The number of nitrogens with one attached hydrogen (secondary N) is 1. The number of hydrogen-bond donors (Lipinski definition) is 1. The lowest BCUT2D eigenvalue weighted by Gasteiger charge is -2.29. The molecule has 1 N–H and O–H groups in total. The summed E-state index contributed by atoms with van der Waals surface area (Å²) in [7, 11) is -1.67. The molecule has 2 heteroatoms. The van der Waals surface area contributed by atoms with Gasteiger partial charge in [0.05, 0.1) is 0 Å². The first kappa shape index (κ1) is 18.0. The van der Waals surface area contributed by atoms with Crippen LogP contribution in [-0.4, -0.2) is 14.1 Å². The zero-order chi connectivity index (χ0) is 17.5. The smallest absolute Gasteiger partial charge is 0.162 e. The van der Waals surface area contributed by atoms with Crippen molar-refractivity contribution in [2.75, 3.05) is 0 Å². The van der Waals surface area contributed by atoms with E-state index in [0.717, 1.165) is 6.54 Å². The van der Waals surface area contributed by atoms with Crippen LogP contribution in [0, 0.1) is 17.4 Å². The molecule has 2 aromatic carbocycles. The lowest BCUT2D eigenvalue weighted by atomic mass is 9.85. The number of benzene rings is 2. The largest absolute Gasteiger partial charge is 0.309 e. The molecular formula is C23H29NSi. The van der Waals surface area contributed by atoms with Crippen LogP contribution in [0.4, 0.5) is 0 Å². The monoisotopic (exact) mass is 347 g/mol. The molecular weight excluding hydrogens is 318 g/mol. The van der Waals surface area contributed by atoms with Crippen molar-refractivity contribution in [3.63, 3.8) is 0 Å². The summed E-state index contributed by atoms with van der Waals surface area (Å²) in [5.74, 6) is 4.19. The van der Waals surface area contributed by atoms with Crippen molar-refractivity contribution in [1.29, 1.82) is 0 Å². The predicted octanol–water partition coefficient (Wildman–Crippen LogP) is 4.49. The Morgan fingerprint density at radius 3 is 2.28 bits per heavy atom. The number of hydrogen-bond acceptors (Lipinski definition) is 1. The predicted molar refractivity (Wildman–Crippen MR) is 110 cm³/mol. The van der Waals surface area contributed by atoms with Crippen molar-refractivity contribution in [1.82, 2.24) is 5.32 Å². The summed E-state index contributed by atoms with van der Waals surface area (Å²) in [5, 5.41) is 5.21. The highest BCUT2D eigenvalue weighted by atomic mass is 28.3. The highest BCUT2D eigenvalue weighted by Gasteiger charge is 2.25. The lowest BCUT2D eigenvalue weighted by Crippen LogP contribution is -2.41. The van der Waals surface area contributed by atoms with Crippen LogP contribution in [0.3, 0.4) is 0 Å². The Morgan fingerprint density at radius 2 is 1.56 bits per heavy atom. The van der Waals surface area contributed by atoms with Gasteiger partial charge >= 0.3 is 0 Å². The minimum atomic E-state index is -1.67. The average molecular weight is 348 g/mol. The van der Waals surface area contributed by atoms with Gasteiger partial charge in [0.15, 0.2) is 8.07 Å². The van der Waals surface area contributed by atoms with Crippen molar-refractivity contribution in [3.8, 4) is 11.5 Å². The fourth-order valence-electron chi connectivity index (χ4n) is 3.59. The Labute approximate surface area is 153 Å². The van der Waals surface area contributed by atoms with Crippen LogP contribution >= 0.6 is 0 Å². The molecule has 1 nitrogen and oxygen atoms in total. The van der Waals surface area contributed by atoms with E-state index in [1.54, 1.807) is 0 Å². The minimum absolute atomic E-state index is 0.493. The topological polar surface area (TPSA) is 12.0 Å². The van der Waals surface area contributed by atoms with E-state index in [9.17, 15) is 0 Å². The molecule has 2 atom stereocenters. The molecule has 1 saturated carbocycles. The molecule has 1 fully saturated rings. The van der Waals surface area contributed by atoms with E-state index < -0.39 is 8.07 Å². The third-order valence-corrected chi connectivity index (χ3v) is 7.79. The molecule has 0 aromatic heterocycles. The number of rotatable bonds is 4. The van der Waals surface area contributed by atoms with Crippen LogP contribution in [0.2, 0.25) is 13.1 Å². The van der Waals surface area contributed by atoms with E-state index >= 15 is 0 Å². The van der Waals surface area contributed by atoms with Crippen molar-refractivity contribution >= 4 is 13.3 Å². The van der Waals surface area contributed by atoms with E-state index in [1.165, 1.54) is 36.4 Å². The molecule has 0 aliphatic heterocycles. The van der Waals surface area contributed by atoms with Gasteiger partial charge in [0.25, 0.3) is 0 Å². The van der Waals surface area contributed by atoms with Gasteiger partial charge in [-0.3, -0.25) is 0 Å². The maximum absolute atomic E-state index is 3.78. The van der Waals surface area contributed by atoms with Crippen molar-refractivity contribution in [2.24, 2.45) is 5.92 Å². The summed E-state index contributed by atoms with van der Waals surface area (Å²) in [4.78, 5) is 0. The summed E-state index contributed by atoms with van der Waals surface area (Å²) in [5.41, 5.74) is 5.08. The Balaban J connectivity index is 1.67. The second-order valence-electron chi connectivity index (χ2n) is 7.62. The first-order valence-electron chi connectivity index (χ1n) is 9.51. The van der Waals surface area contributed by atoms with Gasteiger partial charge in [-0.25, -0.2) is 0 Å². The van der Waals surface area contributed by atoms with E-state index in [4.69, 9.17) is 0 Å². The molecule has 0 unspecified atom stereocenters. The lowest BCUT2D eigenvalue weighted by molar-refractivity contribution is 0.313. The molecule has 2 aromatic rings. The second kappa shape index (κ2) is 8.51. The van der Waals surface area contributed by atoms with Gasteiger partial charge in [-0.2, -0.15) is 0 Å². The van der Waals surface area contributed by atoms with Crippen molar-refractivity contribution < 1.29 is 0 Å². The highest BCUT2D eigenvalue weighted by Crippen LogP contribution is 2.24. The molecule has 3 rings (SSSR count). The quantitative estimate of drug-likeness (QED) is 0.634. The van der Waals surface area contributed by atoms with Crippen LogP contribution in [-0.2, 0) is 6.54 Å². The highest BCUT2D eigenvalue weighted by molar-refractivity contribution is 6.96. The fraction of sp³-hybridized carbons (Fsp3) is 0.391. The molecule has 0 spiro atoms. The Kier molecular flexibility index (Phi) is 6.12. The molecule has 0 bridgehead atoms. The zero-order valence-electron chi connectivity index (χ0n) is 15.5. The summed E-state index contributed by atoms with van der Waals surface area (Å²) < 4.78 is 0. The van der Waals surface area contributed by atoms with Crippen molar-refractivity contribution in [2.45, 2.75) is 51.4 Å². The third kappa shape index (κ3) is 5.08. The van der Waals surface area contributed by atoms with E-state index in [0.29, 0.717) is 12.0 Å². The van der Waals surface area contributed by atoms with Crippen LogP contribution in [0.5, 0.6) is 0 Å². The fourth-order valence-corrected chi connectivity index (χ4v) is 5.31. The van der Waals surface area contributed by atoms with Gasteiger partial charge in [-0.1, -0.05) is 86.6 Å². The Hall–Kier alpha value is -1.82. The van der Waals surface area contributed by atoms with Crippen LogP contribution in [0.15, 0.2) is 60.7 Å². The Morgan fingerprint density at radius 1 is 0.920 bits per heavy atom. The van der Waals surface area contributed by atoms with Gasteiger partial charge in [0, 0.05) is 18.5 Å². The molecule has 1 aliphatic rings. The van der Waals surface area contributed by atoms with E-state index in [2.05, 4.69) is 90.5 Å². The molecule has 0 saturated heterocycles. The zero-order valence-corrected chi connectivity index (χ0v) is 16.5. The van der Waals surface area contributed by atoms with Gasteiger partial charge < -0.3 is 5.32 Å². The SMILES string of the molecule is C[Si](C)(C#C[C@H]1CCCC[C@H]1NCc1ccccc1)c1ccccc1. The van der Waals surface area contributed by atoms with Gasteiger partial charge in [-0.05, 0) is 23.6 Å². The molecule has 25 heavy (non-hydrogen) atoms. The van der Waals surface area contributed by atoms with Gasteiger partial charge in [0.2, 0.25) is 0 Å². The van der Waals surface area contributed by atoms with Gasteiger partial charge in [-0.15, -0.1) is 11.5 Å². The summed E-state index contributed by atoms with van der Waals surface area (Å²) >= 11 is 0. The first-order valence-corrected chi connectivity index (χ1v) is 12.5. The molecule has 0 amide bonds. The summed E-state index contributed by atoms with van der Waals surface area (Å²) in [6.07, 6.45) is 5.12. The maximum atomic E-state index is 3.78. The van der Waals surface area contributed by atoms with Gasteiger partial charge in [0.1, 0.15) is 0 Å². The molecule has 1 aliphatic carbocycles. The van der Waals surface area contributed by atoms with Crippen molar-refractivity contribution in [3.05, 3.63) is 66.2 Å². The summed E-state index contributed by atoms with van der Waals surface area (Å²) in [6, 6.07) is 22.1. The summed E-state index contributed by atoms with van der Waals surface area (Å²) in [6.45, 7) is 5.68. The standard InChI is InChI=1S/C23H29NSi/c1-25(2,22-14-7-4-8-15-22)18-17-21-13-9-10-16-23(21)24-19-20-11-5-3-6-12-20/h3-8,11-12,14-15,21,23-24H,9-10,13,16,19H2,1-2H3/t21-,23-/m1/s1.